The molecule has 0 aliphatic carbocycles. The predicted octanol–water partition coefficient (Wildman–Crippen LogP) is 4.15. The third-order valence-electron chi connectivity index (χ3n) is 4.18. The van der Waals surface area contributed by atoms with Crippen LogP contribution in [0.25, 0.3) is 10.6 Å². The smallest absolute Gasteiger partial charge is 0.343 e. The van der Waals surface area contributed by atoms with E-state index in [2.05, 4.69) is 53.7 Å². The van der Waals surface area contributed by atoms with Crippen molar-refractivity contribution in [2.75, 3.05) is 13.7 Å². The summed E-state index contributed by atoms with van der Waals surface area (Å²) in [6.07, 6.45) is 0.775. The van der Waals surface area contributed by atoms with Crippen LogP contribution in [0.5, 0.6) is 0 Å². The average molecular weight is 405 g/mol. The monoisotopic (exact) mass is 404 g/mol. The van der Waals surface area contributed by atoms with Gasteiger partial charge in [0.15, 0.2) is 5.16 Å². The molecule has 6 nitrogen and oxygen atoms in total. The second-order valence-electron chi connectivity index (χ2n) is 6.52. The molecule has 0 aliphatic heterocycles. The minimum absolute atomic E-state index is 0.183. The Balaban J connectivity index is 1.64. The molecule has 0 spiro atoms. The molecule has 1 N–H and O–H groups in total. The summed E-state index contributed by atoms with van der Waals surface area (Å²) in [4.78, 5) is 16.6. The number of hydrogen-bond donors (Lipinski definition) is 1. The summed E-state index contributed by atoms with van der Waals surface area (Å²) >= 11 is 3.16. The molecule has 2 aromatic heterocycles. The van der Waals surface area contributed by atoms with Gasteiger partial charge in [0, 0.05) is 37.0 Å². The fourth-order valence-corrected chi connectivity index (χ4v) is 4.43. The minimum Gasteiger partial charge on any atom is -0.385 e. The molecule has 0 saturated heterocycles. The Hall–Kier alpha value is -1.90. The van der Waals surface area contributed by atoms with Gasteiger partial charge in [-0.3, -0.25) is 4.57 Å². The van der Waals surface area contributed by atoms with Gasteiger partial charge in [0.05, 0.1) is 5.69 Å². The van der Waals surface area contributed by atoms with Crippen molar-refractivity contribution in [2.24, 2.45) is 0 Å². The number of benzene rings is 1. The van der Waals surface area contributed by atoms with E-state index in [1.807, 2.05) is 0 Å². The predicted molar refractivity (Wildman–Crippen MR) is 111 cm³/mol. The normalized spacial score (nSPS) is 11.4. The van der Waals surface area contributed by atoms with E-state index < -0.39 is 0 Å². The lowest BCUT2D eigenvalue weighted by atomic mass is 10.0. The van der Waals surface area contributed by atoms with Crippen LogP contribution in [0, 0.1) is 0 Å². The zero-order valence-electron chi connectivity index (χ0n) is 15.8. The molecule has 3 rings (SSSR count). The van der Waals surface area contributed by atoms with Crippen molar-refractivity contribution >= 4 is 23.1 Å². The van der Waals surface area contributed by atoms with Gasteiger partial charge < -0.3 is 4.74 Å². The van der Waals surface area contributed by atoms with Crippen molar-refractivity contribution in [3.05, 3.63) is 51.4 Å². The summed E-state index contributed by atoms with van der Waals surface area (Å²) in [7, 11) is 1.66. The van der Waals surface area contributed by atoms with Crippen molar-refractivity contribution in [2.45, 2.75) is 43.6 Å². The highest BCUT2D eigenvalue weighted by Gasteiger charge is 2.11. The number of thiazole rings is 1. The van der Waals surface area contributed by atoms with Crippen molar-refractivity contribution in [1.82, 2.24) is 19.7 Å². The van der Waals surface area contributed by atoms with Crippen LogP contribution in [0.2, 0.25) is 0 Å². The number of rotatable bonds is 9. The lowest BCUT2D eigenvalue weighted by Crippen LogP contribution is -2.18. The highest BCUT2D eigenvalue weighted by molar-refractivity contribution is 7.98. The van der Waals surface area contributed by atoms with Crippen molar-refractivity contribution in [3.8, 4) is 10.6 Å². The summed E-state index contributed by atoms with van der Waals surface area (Å²) in [5, 5.41) is 10.4. The van der Waals surface area contributed by atoms with Crippen LogP contribution in [-0.2, 0) is 17.0 Å². The molecule has 0 radical (unpaired) electrons. The molecule has 1 aromatic carbocycles. The molecule has 0 atom stereocenters. The van der Waals surface area contributed by atoms with Gasteiger partial charge in [-0.15, -0.1) is 16.4 Å². The molecule has 3 aromatic rings. The molecule has 0 bridgehead atoms. The van der Waals surface area contributed by atoms with Gasteiger partial charge in [-0.2, -0.15) is 0 Å². The Labute approximate surface area is 167 Å². The van der Waals surface area contributed by atoms with E-state index in [9.17, 15) is 4.79 Å². The Kier molecular flexibility index (Phi) is 6.87. The molecular formula is C19H24N4O2S2. The van der Waals surface area contributed by atoms with Crippen LogP contribution in [0.1, 0.15) is 37.4 Å². The molecule has 2 heterocycles. The summed E-state index contributed by atoms with van der Waals surface area (Å²) in [6.45, 7) is 5.60. The molecule has 8 heteroatoms. The molecule has 0 aliphatic rings. The number of hydrogen-bond acceptors (Lipinski definition) is 6. The second kappa shape index (κ2) is 9.34. The van der Waals surface area contributed by atoms with E-state index in [-0.39, 0.29) is 5.69 Å². The fraction of sp³-hybridized carbons (Fsp3) is 0.421. The van der Waals surface area contributed by atoms with Crippen LogP contribution in [0.4, 0.5) is 0 Å². The first-order valence-electron chi connectivity index (χ1n) is 8.90. The van der Waals surface area contributed by atoms with Crippen molar-refractivity contribution in [1.29, 1.82) is 0 Å². The van der Waals surface area contributed by atoms with Crippen LogP contribution in [-0.4, -0.2) is 33.5 Å². The molecule has 0 fully saturated rings. The third kappa shape index (κ3) is 5.09. The summed E-state index contributed by atoms with van der Waals surface area (Å²) in [6, 6.07) is 8.59. The summed E-state index contributed by atoms with van der Waals surface area (Å²) in [5.41, 5.74) is 3.28. The number of aromatic nitrogens is 4. The number of ether oxygens (including phenoxy) is 1. The molecule has 144 valence electrons. The van der Waals surface area contributed by atoms with Gasteiger partial charge >= 0.3 is 5.69 Å². The minimum atomic E-state index is -0.183. The standard InChI is InChI=1S/C19H24N4O2S2/c1-13(2)14-5-7-15(8-6-14)17-20-16(11-26-17)12-27-19-22-21-18(24)23(19)9-4-10-25-3/h5-8,11,13H,4,9-10,12H2,1-3H3,(H,21,24). The Morgan fingerprint density at radius 2 is 2.07 bits per heavy atom. The fourth-order valence-electron chi connectivity index (χ4n) is 2.63. The molecule has 0 unspecified atom stereocenters. The molecule has 0 amide bonds. The zero-order chi connectivity index (χ0) is 19.2. The lowest BCUT2D eigenvalue weighted by Gasteiger charge is -2.05. The van der Waals surface area contributed by atoms with Crippen molar-refractivity contribution < 1.29 is 4.74 Å². The van der Waals surface area contributed by atoms with Crippen molar-refractivity contribution in [3.63, 3.8) is 0 Å². The first-order chi connectivity index (χ1) is 13.1. The number of nitrogens with one attached hydrogen (secondary N) is 1. The van der Waals surface area contributed by atoms with Crippen LogP contribution < -0.4 is 5.69 Å². The van der Waals surface area contributed by atoms with E-state index in [0.717, 1.165) is 22.7 Å². The zero-order valence-corrected chi connectivity index (χ0v) is 17.4. The largest absolute Gasteiger partial charge is 0.385 e. The molecular weight excluding hydrogens is 380 g/mol. The number of thioether (sulfide) groups is 1. The SMILES string of the molecule is COCCCn1c(SCc2csc(-c3ccc(C(C)C)cc3)n2)n[nH]c1=O. The van der Waals surface area contributed by atoms with Crippen LogP contribution in [0.15, 0.2) is 39.6 Å². The number of methoxy groups -OCH3 is 1. The van der Waals surface area contributed by atoms with E-state index in [0.29, 0.717) is 30.0 Å². The Morgan fingerprint density at radius 3 is 2.78 bits per heavy atom. The van der Waals surface area contributed by atoms with E-state index in [4.69, 9.17) is 9.72 Å². The Morgan fingerprint density at radius 1 is 1.30 bits per heavy atom. The van der Waals surface area contributed by atoms with Gasteiger partial charge in [0.25, 0.3) is 0 Å². The van der Waals surface area contributed by atoms with Gasteiger partial charge in [-0.1, -0.05) is 49.9 Å². The lowest BCUT2D eigenvalue weighted by molar-refractivity contribution is 0.189. The number of nitrogens with zero attached hydrogens (tertiary/aromatic N) is 3. The van der Waals surface area contributed by atoms with Gasteiger partial charge in [-0.05, 0) is 17.9 Å². The summed E-state index contributed by atoms with van der Waals surface area (Å²) in [5.74, 6) is 1.20. The first-order valence-corrected chi connectivity index (χ1v) is 10.8. The van der Waals surface area contributed by atoms with Gasteiger partial charge in [0.2, 0.25) is 0 Å². The Bertz CT molecular complexity index is 912. The second-order valence-corrected chi connectivity index (χ2v) is 8.32. The maximum Gasteiger partial charge on any atom is 0.343 e. The van der Waals surface area contributed by atoms with Crippen LogP contribution in [0.3, 0.4) is 0 Å². The highest BCUT2D eigenvalue weighted by Crippen LogP contribution is 2.28. The van der Waals surface area contributed by atoms with Gasteiger partial charge in [0.1, 0.15) is 5.01 Å². The van der Waals surface area contributed by atoms with E-state index in [1.165, 1.54) is 17.3 Å². The average Bonchev–Trinajstić information content (AvgIpc) is 3.28. The topological polar surface area (TPSA) is 72.8 Å². The van der Waals surface area contributed by atoms with Gasteiger partial charge in [-0.25, -0.2) is 14.9 Å². The quantitative estimate of drug-likeness (QED) is 0.428. The number of H-pyrrole nitrogens is 1. The highest BCUT2D eigenvalue weighted by atomic mass is 32.2. The first kappa shape index (κ1) is 19.9. The molecule has 0 saturated carbocycles. The van der Waals surface area contributed by atoms with Crippen LogP contribution >= 0.6 is 23.1 Å². The summed E-state index contributed by atoms with van der Waals surface area (Å²) < 4.78 is 6.71. The number of aromatic amines is 1. The maximum absolute atomic E-state index is 11.9. The molecule has 27 heavy (non-hydrogen) atoms. The maximum atomic E-state index is 11.9. The van der Waals surface area contributed by atoms with E-state index in [1.54, 1.807) is 23.0 Å². The third-order valence-corrected chi connectivity index (χ3v) is 6.13. The van der Waals surface area contributed by atoms with E-state index >= 15 is 0 Å².